The molecule has 0 radical (unpaired) electrons. The van der Waals surface area contributed by atoms with Crippen molar-refractivity contribution in [2.45, 2.75) is 26.2 Å². The fraction of sp³-hybridized carbons (Fsp3) is 0.429. The SMILES string of the molecule is CCCCN(C)C(=O)CC(=O)Nc1ccc(F)c(Cl)c1. The number of carbonyl (C=O) groups excluding carboxylic acids is 2. The van der Waals surface area contributed by atoms with Crippen molar-refractivity contribution in [1.29, 1.82) is 0 Å². The van der Waals surface area contributed by atoms with Crippen LogP contribution in [0.25, 0.3) is 0 Å². The van der Waals surface area contributed by atoms with Crippen molar-refractivity contribution in [3.63, 3.8) is 0 Å². The summed E-state index contributed by atoms with van der Waals surface area (Å²) in [5, 5.41) is 2.44. The molecule has 0 aliphatic rings. The van der Waals surface area contributed by atoms with Crippen LogP contribution in [-0.4, -0.2) is 30.3 Å². The molecular weight excluding hydrogens is 283 g/mol. The number of nitrogens with zero attached hydrogens (tertiary/aromatic N) is 1. The molecule has 1 aromatic rings. The van der Waals surface area contributed by atoms with Crippen LogP contribution < -0.4 is 5.32 Å². The summed E-state index contributed by atoms with van der Waals surface area (Å²) >= 11 is 5.61. The van der Waals surface area contributed by atoms with Gasteiger partial charge in [0.15, 0.2) is 0 Å². The average molecular weight is 301 g/mol. The summed E-state index contributed by atoms with van der Waals surface area (Å²) in [5.41, 5.74) is 0.366. The highest BCUT2D eigenvalue weighted by Crippen LogP contribution is 2.19. The Balaban J connectivity index is 2.50. The van der Waals surface area contributed by atoms with Gasteiger partial charge in [0.2, 0.25) is 11.8 Å². The number of rotatable bonds is 6. The van der Waals surface area contributed by atoms with Gasteiger partial charge in [-0.15, -0.1) is 0 Å². The third-order valence-corrected chi connectivity index (χ3v) is 3.08. The van der Waals surface area contributed by atoms with Crippen LogP contribution in [0.4, 0.5) is 10.1 Å². The molecule has 20 heavy (non-hydrogen) atoms. The van der Waals surface area contributed by atoms with Crippen molar-refractivity contribution in [2.24, 2.45) is 0 Å². The van der Waals surface area contributed by atoms with Crippen molar-refractivity contribution in [3.8, 4) is 0 Å². The molecule has 110 valence electrons. The van der Waals surface area contributed by atoms with Crippen LogP contribution in [0, 0.1) is 5.82 Å². The number of anilines is 1. The van der Waals surface area contributed by atoms with E-state index in [1.165, 1.54) is 17.0 Å². The van der Waals surface area contributed by atoms with Crippen molar-refractivity contribution in [3.05, 3.63) is 29.0 Å². The summed E-state index contributed by atoms with van der Waals surface area (Å²) in [7, 11) is 1.67. The Morgan fingerprint density at radius 3 is 2.70 bits per heavy atom. The first-order valence-corrected chi connectivity index (χ1v) is 6.80. The van der Waals surface area contributed by atoms with Gasteiger partial charge in [0.1, 0.15) is 12.2 Å². The van der Waals surface area contributed by atoms with E-state index in [-0.39, 0.29) is 17.4 Å². The maximum absolute atomic E-state index is 13.0. The van der Waals surface area contributed by atoms with E-state index in [1.54, 1.807) is 7.05 Å². The van der Waals surface area contributed by atoms with Gasteiger partial charge in [0.25, 0.3) is 0 Å². The fourth-order valence-corrected chi connectivity index (χ4v) is 1.75. The first kappa shape index (κ1) is 16.4. The third kappa shape index (κ3) is 5.17. The second-order valence-electron chi connectivity index (χ2n) is 4.52. The second kappa shape index (κ2) is 7.85. The first-order chi connectivity index (χ1) is 9.43. The smallest absolute Gasteiger partial charge is 0.233 e. The van der Waals surface area contributed by atoms with Crippen LogP contribution in [0.1, 0.15) is 26.2 Å². The van der Waals surface area contributed by atoms with Crippen LogP contribution in [0.2, 0.25) is 5.02 Å². The summed E-state index contributed by atoms with van der Waals surface area (Å²) in [5.74, 6) is -1.25. The summed E-state index contributed by atoms with van der Waals surface area (Å²) < 4.78 is 13.0. The van der Waals surface area contributed by atoms with Gasteiger partial charge in [0.05, 0.1) is 5.02 Å². The molecule has 0 fully saturated rings. The summed E-state index contributed by atoms with van der Waals surface area (Å²) in [6.45, 7) is 2.66. The quantitative estimate of drug-likeness (QED) is 0.821. The van der Waals surface area contributed by atoms with Crippen LogP contribution in [0.3, 0.4) is 0 Å². The molecule has 0 saturated heterocycles. The predicted molar refractivity (Wildman–Crippen MR) is 77.2 cm³/mol. The number of carbonyl (C=O) groups is 2. The standard InChI is InChI=1S/C14H18ClFN2O2/c1-3-4-7-18(2)14(20)9-13(19)17-10-5-6-12(16)11(15)8-10/h5-6,8H,3-4,7,9H2,1-2H3,(H,17,19). The topological polar surface area (TPSA) is 49.4 Å². The zero-order chi connectivity index (χ0) is 15.1. The van der Waals surface area contributed by atoms with Gasteiger partial charge in [-0.3, -0.25) is 9.59 Å². The maximum atomic E-state index is 13.0. The number of nitrogens with one attached hydrogen (secondary N) is 1. The summed E-state index contributed by atoms with van der Waals surface area (Å²) in [6.07, 6.45) is 1.64. The Kier molecular flexibility index (Phi) is 6.45. The lowest BCUT2D eigenvalue weighted by atomic mass is 10.2. The fourth-order valence-electron chi connectivity index (χ4n) is 1.57. The van der Waals surface area contributed by atoms with Gasteiger partial charge in [-0.05, 0) is 24.6 Å². The van der Waals surface area contributed by atoms with E-state index in [2.05, 4.69) is 5.32 Å². The molecule has 1 N–H and O–H groups in total. The molecule has 0 spiro atoms. The molecule has 0 unspecified atom stereocenters. The molecule has 1 rings (SSSR count). The molecule has 0 aliphatic carbocycles. The minimum atomic E-state index is -0.556. The van der Waals surface area contributed by atoms with Gasteiger partial charge >= 0.3 is 0 Å². The number of benzene rings is 1. The van der Waals surface area contributed by atoms with E-state index >= 15 is 0 Å². The Labute approximate surface area is 122 Å². The van der Waals surface area contributed by atoms with E-state index in [1.807, 2.05) is 6.92 Å². The Morgan fingerprint density at radius 1 is 1.40 bits per heavy atom. The van der Waals surface area contributed by atoms with Crippen molar-refractivity contribution >= 4 is 29.1 Å². The van der Waals surface area contributed by atoms with Crippen LogP contribution >= 0.6 is 11.6 Å². The number of halogens is 2. The van der Waals surface area contributed by atoms with Crippen molar-refractivity contribution < 1.29 is 14.0 Å². The third-order valence-electron chi connectivity index (χ3n) is 2.79. The minimum absolute atomic E-state index is 0.0748. The van der Waals surface area contributed by atoms with Gasteiger partial charge in [0, 0.05) is 19.3 Å². The van der Waals surface area contributed by atoms with Gasteiger partial charge in [-0.2, -0.15) is 0 Å². The zero-order valence-electron chi connectivity index (χ0n) is 11.6. The monoisotopic (exact) mass is 300 g/mol. The van der Waals surface area contributed by atoms with E-state index in [9.17, 15) is 14.0 Å². The van der Waals surface area contributed by atoms with Crippen molar-refractivity contribution in [2.75, 3.05) is 18.9 Å². The highest BCUT2D eigenvalue weighted by molar-refractivity contribution is 6.31. The number of amides is 2. The molecule has 0 heterocycles. The molecule has 1 aromatic carbocycles. The van der Waals surface area contributed by atoms with Crippen molar-refractivity contribution in [1.82, 2.24) is 4.90 Å². The normalized spacial score (nSPS) is 10.2. The van der Waals surface area contributed by atoms with E-state index in [4.69, 9.17) is 11.6 Å². The lowest BCUT2D eigenvalue weighted by Crippen LogP contribution is -2.31. The first-order valence-electron chi connectivity index (χ1n) is 6.43. The highest BCUT2D eigenvalue weighted by Gasteiger charge is 2.14. The van der Waals surface area contributed by atoms with Crippen LogP contribution in [-0.2, 0) is 9.59 Å². The van der Waals surface area contributed by atoms with Crippen LogP contribution in [0.15, 0.2) is 18.2 Å². The molecule has 0 bridgehead atoms. The largest absolute Gasteiger partial charge is 0.345 e. The van der Waals surface area contributed by atoms with E-state index in [0.29, 0.717) is 12.2 Å². The minimum Gasteiger partial charge on any atom is -0.345 e. The molecule has 6 heteroatoms. The molecule has 0 aliphatic heterocycles. The zero-order valence-corrected chi connectivity index (χ0v) is 12.3. The van der Waals surface area contributed by atoms with Gasteiger partial charge < -0.3 is 10.2 Å². The molecule has 0 saturated carbocycles. The Morgan fingerprint density at radius 2 is 2.10 bits per heavy atom. The Bertz CT molecular complexity index is 494. The number of unbranched alkanes of at least 4 members (excludes halogenated alkanes) is 1. The number of hydrogen-bond acceptors (Lipinski definition) is 2. The highest BCUT2D eigenvalue weighted by atomic mass is 35.5. The predicted octanol–water partition coefficient (Wildman–Crippen LogP) is 3.07. The van der Waals surface area contributed by atoms with Gasteiger partial charge in [-0.25, -0.2) is 4.39 Å². The molecular formula is C14H18ClFN2O2. The lowest BCUT2D eigenvalue weighted by Gasteiger charge is -2.16. The molecule has 2 amide bonds. The van der Waals surface area contributed by atoms with E-state index in [0.717, 1.165) is 18.9 Å². The number of hydrogen-bond donors (Lipinski definition) is 1. The molecule has 4 nitrogen and oxygen atoms in total. The van der Waals surface area contributed by atoms with Crippen LogP contribution in [0.5, 0.6) is 0 Å². The molecule has 0 aromatic heterocycles. The Hall–Kier alpha value is -1.62. The summed E-state index contributed by atoms with van der Waals surface area (Å²) in [4.78, 5) is 25.0. The lowest BCUT2D eigenvalue weighted by molar-refractivity contribution is -0.133. The summed E-state index contributed by atoms with van der Waals surface area (Å²) in [6, 6.07) is 3.86. The molecule has 0 atom stereocenters. The van der Waals surface area contributed by atoms with E-state index < -0.39 is 11.7 Å². The second-order valence-corrected chi connectivity index (χ2v) is 4.93. The van der Waals surface area contributed by atoms with Gasteiger partial charge in [-0.1, -0.05) is 24.9 Å². The maximum Gasteiger partial charge on any atom is 0.233 e. The average Bonchev–Trinajstić information content (AvgIpc) is 2.40.